The van der Waals surface area contributed by atoms with Crippen molar-refractivity contribution >= 4 is 11.6 Å². The largest absolute Gasteiger partial charge is 0.310 e. The first-order valence-corrected chi connectivity index (χ1v) is 4.48. The smallest absolute Gasteiger partial charge is 0.223 e. The Hall–Kier alpha value is -1.38. The molecule has 1 rings (SSSR count). The van der Waals surface area contributed by atoms with Gasteiger partial charge in [-0.25, -0.2) is 4.39 Å². The fourth-order valence-electron chi connectivity index (χ4n) is 1.28. The van der Waals surface area contributed by atoms with Crippen LogP contribution in [0.5, 0.6) is 0 Å². The summed E-state index contributed by atoms with van der Waals surface area (Å²) in [6, 6.07) is 6.24. The molecule has 14 heavy (non-hydrogen) atoms. The first-order chi connectivity index (χ1) is 6.66. The van der Waals surface area contributed by atoms with Crippen LogP contribution in [-0.2, 0) is 4.79 Å². The summed E-state index contributed by atoms with van der Waals surface area (Å²) in [5, 5.41) is 0. The standard InChI is InChI=1S/C11H13FNO/c1-3-8-13(9(2)14)11-7-5-4-6-10(11)12/h4-7H,1,3,8H2,2H3. The van der Waals surface area contributed by atoms with E-state index in [-0.39, 0.29) is 11.7 Å². The minimum atomic E-state index is -0.379. The van der Waals surface area contributed by atoms with Crippen LogP contribution >= 0.6 is 0 Å². The van der Waals surface area contributed by atoms with E-state index in [2.05, 4.69) is 6.92 Å². The van der Waals surface area contributed by atoms with Gasteiger partial charge in [-0.2, -0.15) is 0 Å². The van der Waals surface area contributed by atoms with E-state index in [0.29, 0.717) is 18.7 Å². The molecule has 0 saturated heterocycles. The average molecular weight is 194 g/mol. The number of hydrogen-bond donors (Lipinski definition) is 0. The van der Waals surface area contributed by atoms with Gasteiger partial charge in [-0.3, -0.25) is 4.79 Å². The molecule has 0 atom stereocenters. The Labute approximate surface area is 83.3 Å². The molecule has 0 unspecified atom stereocenters. The van der Waals surface area contributed by atoms with Gasteiger partial charge in [0.15, 0.2) is 0 Å². The molecule has 3 heteroatoms. The van der Waals surface area contributed by atoms with Crippen molar-refractivity contribution in [2.45, 2.75) is 13.3 Å². The van der Waals surface area contributed by atoms with Gasteiger partial charge in [-0.05, 0) is 18.6 Å². The summed E-state index contributed by atoms with van der Waals surface area (Å²) in [5.74, 6) is -0.546. The van der Waals surface area contributed by atoms with Gasteiger partial charge in [-0.1, -0.05) is 19.1 Å². The second-order valence-corrected chi connectivity index (χ2v) is 2.98. The van der Waals surface area contributed by atoms with Crippen molar-refractivity contribution in [3.8, 4) is 0 Å². The predicted octanol–water partition coefficient (Wildman–Crippen LogP) is 2.40. The number of hydrogen-bond acceptors (Lipinski definition) is 1. The van der Waals surface area contributed by atoms with Crippen molar-refractivity contribution < 1.29 is 9.18 Å². The average Bonchev–Trinajstić information content (AvgIpc) is 2.15. The van der Waals surface area contributed by atoms with Gasteiger partial charge in [0.05, 0.1) is 5.69 Å². The minimum Gasteiger partial charge on any atom is -0.310 e. The van der Waals surface area contributed by atoms with Crippen molar-refractivity contribution in [2.75, 3.05) is 11.4 Å². The third kappa shape index (κ3) is 2.31. The van der Waals surface area contributed by atoms with Gasteiger partial charge in [0.1, 0.15) is 5.82 Å². The maximum atomic E-state index is 13.3. The van der Waals surface area contributed by atoms with Gasteiger partial charge >= 0.3 is 0 Å². The Morgan fingerprint density at radius 2 is 2.14 bits per heavy atom. The summed E-state index contributed by atoms with van der Waals surface area (Å²) < 4.78 is 13.3. The number of halogens is 1. The lowest BCUT2D eigenvalue weighted by molar-refractivity contribution is -0.116. The van der Waals surface area contributed by atoms with Crippen molar-refractivity contribution in [3.05, 3.63) is 37.0 Å². The molecule has 0 N–H and O–H groups in total. The number of nitrogens with zero attached hydrogens (tertiary/aromatic N) is 1. The van der Waals surface area contributed by atoms with Crippen molar-refractivity contribution in [3.63, 3.8) is 0 Å². The number of amides is 1. The zero-order valence-corrected chi connectivity index (χ0v) is 8.16. The lowest BCUT2D eigenvalue weighted by Gasteiger charge is -2.20. The highest BCUT2D eigenvalue weighted by Gasteiger charge is 2.13. The third-order valence-electron chi connectivity index (χ3n) is 1.91. The first kappa shape index (κ1) is 10.7. The van der Waals surface area contributed by atoms with E-state index in [4.69, 9.17) is 0 Å². The molecule has 1 radical (unpaired) electrons. The van der Waals surface area contributed by atoms with E-state index in [1.807, 2.05) is 0 Å². The zero-order chi connectivity index (χ0) is 10.6. The van der Waals surface area contributed by atoms with E-state index >= 15 is 0 Å². The summed E-state index contributed by atoms with van der Waals surface area (Å²) in [6.45, 7) is 5.51. The number of para-hydroxylation sites is 1. The molecular formula is C11H13FNO. The molecule has 0 aliphatic heterocycles. The van der Waals surface area contributed by atoms with Gasteiger partial charge in [0.2, 0.25) is 5.91 Å². The molecule has 0 saturated carbocycles. The fourth-order valence-corrected chi connectivity index (χ4v) is 1.28. The highest BCUT2D eigenvalue weighted by Crippen LogP contribution is 2.18. The Morgan fingerprint density at radius 3 is 2.64 bits per heavy atom. The lowest BCUT2D eigenvalue weighted by atomic mass is 10.2. The molecule has 1 amide bonds. The summed E-state index contributed by atoms with van der Waals surface area (Å²) in [6.07, 6.45) is 0.563. The Bertz CT molecular complexity index is 325. The van der Waals surface area contributed by atoms with Crippen LogP contribution in [0.25, 0.3) is 0 Å². The molecule has 1 aromatic carbocycles. The van der Waals surface area contributed by atoms with Gasteiger partial charge in [-0.15, -0.1) is 0 Å². The van der Waals surface area contributed by atoms with Gasteiger partial charge in [0, 0.05) is 13.5 Å². The summed E-state index contributed by atoms with van der Waals surface area (Å²) >= 11 is 0. The summed E-state index contributed by atoms with van der Waals surface area (Å²) in [4.78, 5) is 12.6. The SMILES string of the molecule is [CH2]CCN(C(C)=O)c1ccccc1F. The van der Waals surface area contributed by atoms with Crippen LogP contribution in [0.4, 0.5) is 10.1 Å². The number of carbonyl (C=O) groups is 1. The maximum Gasteiger partial charge on any atom is 0.223 e. The summed E-state index contributed by atoms with van der Waals surface area (Å²) in [5.41, 5.74) is 0.323. The normalized spacial score (nSPS) is 9.93. The van der Waals surface area contributed by atoms with Crippen LogP contribution in [0, 0.1) is 12.7 Å². The van der Waals surface area contributed by atoms with Crippen molar-refractivity contribution in [2.24, 2.45) is 0 Å². The Balaban J connectivity index is 2.99. The van der Waals surface area contributed by atoms with Crippen LogP contribution in [0.3, 0.4) is 0 Å². The third-order valence-corrected chi connectivity index (χ3v) is 1.91. The quantitative estimate of drug-likeness (QED) is 0.723. The minimum absolute atomic E-state index is 0.168. The fraction of sp³-hybridized carbons (Fsp3) is 0.273. The van der Waals surface area contributed by atoms with Crippen LogP contribution in [0.2, 0.25) is 0 Å². The molecule has 0 spiro atoms. The highest BCUT2D eigenvalue weighted by molar-refractivity contribution is 5.91. The number of benzene rings is 1. The second kappa shape index (κ2) is 4.74. The van der Waals surface area contributed by atoms with Gasteiger partial charge in [0.25, 0.3) is 0 Å². The number of rotatable bonds is 3. The molecule has 75 valence electrons. The molecule has 1 aromatic rings. The predicted molar refractivity (Wildman–Crippen MR) is 54.4 cm³/mol. The number of anilines is 1. The molecule has 0 heterocycles. The van der Waals surface area contributed by atoms with E-state index in [0.717, 1.165) is 0 Å². The van der Waals surface area contributed by atoms with E-state index in [1.54, 1.807) is 18.2 Å². The highest BCUT2D eigenvalue weighted by atomic mass is 19.1. The Kier molecular flexibility index (Phi) is 3.63. The van der Waals surface area contributed by atoms with Crippen LogP contribution in [0.15, 0.2) is 24.3 Å². The molecule has 0 bridgehead atoms. The molecule has 0 aliphatic rings. The van der Waals surface area contributed by atoms with Crippen LogP contribution in [0.1, 0.15) is 13.3 Å². The van der Waals surface area contributed by atoms with Crippen molar-refractivity contribution in [1.82, 2.24) is 0 Å². The van der Waals surface area contributed by atoms with Crippen molar-refractivity contribution in [1.29, 1.82) is 0 Å². The summed E-state index contributed by atoms with van der Waals surface area (Å²) in [7, 11) is 0. The second-order valence-electron chi connectivity index (χ2n) is 2.98. The Morgan fingerprint density at radius 1 is 1.50 bits per heavy atom. The first-order valence-electron chi connectivity index (χ1n) is 4.48. The topological polar surface area (TPSA) is 20.3 Å². The maximum absolute atomic E-state index is 13.3. The van der Waals surface area contributed by atoms with E-state index < -0.39 is 0 Å². The molecule has 0 aliphatic carbocycles. The van der Waals surface area contributed by atoms with E-state index in [9.17, 15) is 9.18 Å². The zero-order valence-electron chi connectivity index (χ0n) is 8.16. The lowest BCUT2D eigenvalue weighted by Crippen LogP contribution is -2.29. The van der Waals surface area contributed by atoms with Crippen LogP contribution in [-0.4, -0.2) is 12.5 Å². The number of carbonyl (C=O) groups excluding carboxylic acids is 1. The molecule has 2 nitrogen and oxygen atoms in total. The molecular weight excluding hydrogens is 181 g/mol. The van der Waals surface area contributed by atoms with Crippen LogP contribution < -0.4 is 4.90 Å². The molecule has 0 fully saturated rings. The molecule has 0 aromatic heterocycles. The van der Waals surface area contributed by atoms with Gasteiger partial charge < -0.3 is 4.90 Å². The van der Waals surface area contributed by atoms with E-state index in [1.165, 1.54) is 17.9 Å². The monoisotopic (exact) mass is 194 g/mol.